The zero-order valence-corrected chi connectivity index (χ0v) is 26.8. The molecule has 0 heteroatoms. The smallest absolute Gasteiger partial charge is 0.00203 e. The molecule has 0 aliphatic rings. The molecule has 0 unspecified atom stereocenters. The van der Waals surface area contributed by atoms with Gasteiger partial charge < -0.3 is 0 Å². The molecule has 0 nitrogen and oxygen atoms in total. The van der Waals surface area contributed by atoms with Crippen molar-refractivity contribution in [2.45, 2.75) is 6.92 Å². The lowest BCUT2D eigenvalue weighted by atomic mass is 9.80. The van der Waals surface area contributed by atoms with Gasteiger partial charge in [0.25, 0.3) is 0 Å². The van der Waals surface area contributed by atoms with Crippen LogP contribution in [0.25, 0.3) is 103 Å². The Morgan fingerprint density at radius 3 is 1.62 bits per heavy atom. The largest absolute Gasteiger partial charge is 0.0984 e. The fourth-order valence-corrected chi connectivity index (χ4v) is 7.35. The minimum absolute atomic E-state index is 1.02. The Bertz CT molecular complexity index is 2540. The summed E-state index contributed by atoms with van der Waals surface area (Å²) in [5.74, 6) is 0. The third-order valence-electron chi connectivity index (χ3n) is 9.45. The van der Waals surface area contributed by atoms with Crippen molar-refractivity contribution in [3.8, 4) is 33.4 Å². The maximum atomic E-state index is 4.34. The molecule has 7 aromatic carbocycles. The summed E-state index contributed by atoms with van der Waals surface area (Å²) >= 11 is 0. The molecule has 7 rings (SSSR count). The van der Waals surface area contributed by atoms with Gasteiger partial charge in [0.1, 0.15) is 0 Å². The molecule has 0 saturated carbocycles. The van der Waals surface area contributed by atoms with Crippen LogP contribution in [0.2, 0.25) is 0 Å². The third-order valence-corrected chi connectivity index (χ3v) is 9.45. The molecule has 0 heterocycles. The maximum absolute atomic E-state index is 4.34. The van der Waals surface area contributed by atoms with Crippen molar-refractivity contribution < 1.29 is 0 Å². The van der Waals surface area contributed by atoms with Crippen LogP contribution in [0.1, 0.15) is 29.2 Å². The summed E-state index contributed by atoms with van der Waals surface area (Å²) in [6.07, 6.45) is 10.00. The Morgan fingerprint density at radius 1 is 0.447 bits per heavy atom. The van der Waals surface area contributed by atoms with Gasteiger partial charge in [-0.2, -0.15) is 0 Å². The lowest BCUT2D eigenvalue weighted by molar-refractivity contribution is 1.54. The summed E-state index contributed by atoms with van der Waals surface area (Å²) in [7, 11) is 0. The van der Waals surface area contributed by atoms with Crippen molar-refractivity contribution >= 4 is 69.3 Å². The summed E-state index contributed by atoms with van der Waals surface area (Å²) in [5, 5.41) is 9.30. The van der Waals surface area contributed by atoms with Gasteiger partial charge >= 0.3 is 0 Å². The van der Waals surface area contributed by atoms with E-state index in [1.54, 1.807) is 0 Å². The SMILES string of the molecule is C=Cc1c(-c2c(C=C)c(C=C)c(-c3ccccc3)c3ccccc23)ccc(-c2cc3cc(=C)/c(=C\C)cc3c3ccccc23)c1C=C. The zero-order valence-electron chi connectivity index (χ0n) is 26.8. The topological polar surface area (TPSA) is 0 Å². The van der Waals surface area contributed by atoms with E-state index in [1.807, 2.05) is 24.3 Å². The van der Waals surface area contributed by atoms with E-state index < -0.39 is 0 Å². The minimum atomic E-state index is 1.02. The summed E-state index contributed by atoms with van der Waals surface area (Å²) in [6.45, 7) is 23.7. The first-order valence-corrected chi connectivity index (χ1v) is 16.0. The van der Waals surface area contributed by atoms with Crippen LogP contribution in [0, 0.1) is 0 Å². The number of rotatable bonds is 7. The Balaban J connectivity index is 1.58. The third kappa shape index (κ3) is 4.69. The van der Waals surface area contributed by atoms with Crippen LogP contribution >= 0.6 is 0 Å². The lowest BCUT2D eigenvalue weighted by Gasteiger charge is -2.23. The van der Waals surface area contributed by atoms with Crippen LogP contribution in [0.5, 0.6) is 0 Å². The molecule has 0 spiro atoms. The summed E-state index contributed by atoms with van der Waals surface area (Å²) in [6, 6.07) is 39.1. The number of hydrogen-bond acceptors (Lipinski definition) is 0. The quantitative estimate of drug-likeness (QED) is 0.160. The fourth-order valence-electron chi connectivity index (χ4n) is 7.35. The molecule has 224 valence electrons. The second-order valence-electron chi connectivity index (χ2n) is 11.8. The van der Waals surface area contributed by atoms with Crippen molar-refractivity contribution in [2.24, 2.45) is 0 Å². The second-order valence-corrected chi connectivity index (χ2v) is 11.8. The molecule has 0 atom stereocenters. The van der Waals surface area contributed by atoms with E-state index in [-0.39, 0.29) is 0 Å². The normalized spacial score (nSPS) is 11.6. The van der Waals surface area contributed by atoms with Crippen molar-refractivity contribution in [3.63, 3.8) is 0 Å². The van der Waals surface area contributed by atoms with Gasteiger partial charge in [0.05, 0.1) is 0 Å². The highest BCUT2D eigenvalue weighted by atomic mass is 14.2. The van der Waals surface area contributed by atoms with Gasteiger partial charge in [-0.05, 0) is 124 Å². The Hall–Kier alpha value is -5.98. The van der Waals surface area contributed by atoms with E-state index >= 15 is 0 Å². The molecule has 0 aliphatic carbocycles. The van der Waals surface area contributed by atoms with E-state index in [0.29, 0.717) is 0 Å². The molecular formula is C47H36. The summed E-state index contributed by atoms with van der Waals surface area (Å²) in [4.78, 5) is 0. The average molecular weight is 601 g/mol. The van der Waals surface area contributed by atoms with Gasteiger partial charge in [-0.1, -0.05) is 154 Å². The van der Waals surface area contributed by atoms with Gasteiger partial charge in [-0.25, -0.2) is 0 Å². The first kappa shape index (κ1) is 29.7. The van der Waals surface area contributed by atoms with Crippen LogP contribution in [0.4, 0.5) is 0 Å². The predicted molar refractivity (Wildman–Crippen MR) is 211 cm³/mol. The Labute approximate surface area is 277 Å². The fraction of sp³-hybridized carbons (Fsp3) is 0.0213. The number of benzene rings is 7. The van der Waals surface area contributed by atoms with Crippen LogP contribution < -0.4 is 10.4 Å². The predicted octanol–water partition coefficient (Wildman–Crippen LogP) is 11.9. The van der Waals surface area contributed by atoms with Crippen molar-refractivity contribution in [1.82, 2.24) is 0 Å². The van der Waals surface area contributed by atoms with Gasteiger partial charge in [0.2, 0.25) is 0 Å². The monoisotopic (exact) mass is 600 g/mol. The van der Waals surface area contributed by atoms with Crippen LogP contribution in [0.3, 0.4) is 0 Å². The zero-order chi connectivity index (χ0) is 32.7. The van der Waals surface area contributed by atoms with Gasteiger partial charge in [-0.3, -0.25) is 0 Å². The molecule has 0 aliphatic heterocycles. The van der Waals surface area contributed by atoms with Crippen LogP contribution in [-0.2, 0) is 0 Å². The van der Waals surface area contributed by atoms with Crippen LogP contribution in [-0.4, -0.2) is 0 Å². The second kappa shape index (κ2) is 12.1. The number of hydrogen-bond donors (Lipinski definition) is 0. The van der Waals surface area contributed by atoms with E-state index in [2.05, 4.69) is 155 Å². The van der Waals surface area contributed by atoms with Crippen molar-refractivity contribution in [2.75, 3.05) is 0 Å². The average Bonchev–Trinajstić information content (AvgIpc) is 3.12. The molecule has 0 radical (unpaired) electrons. The first-order chi connectivity index (χ1) is 23.0. The molecule has 0 amide bonds. The highest BCUT2D eigenvalue weighted by molar-refractivity contribution is 6.16. The first-order valence-electron chi connectivity index (χ1n) is 16.0. The standard InChI is InChI=1S/C47H36/c1-7-31-28-44-33(27-30(31)6)29-45(39-22-16-15-21-38(39)44)40-25-26-43(35(9-3)34(40)8-2)47-37(11-5)36(10-4)46(32-19-13-12-14-20-32)41-23-17-18-24-42(41)47/h7-29H,2-6H2,1H3/b31-7-. The van der Waals surface area contributed by atoms with Crippen molar-refractivity contribution in [3.05, 3.63) is 168 Å². The summed E-state index contributed by atoms with van der Waals surface area (Å²) < 4.78 is 0. The minimum Gasteiger partial charge on any atom is -0.0984 e. The molecule has 0 saturated heterocycles. The van der Waals surface area contributed by atoms with E-state index in [4.69, 9.17) is 0 Å². The Morgan fingerprint density at radius 2 is 0.979 bits per heavy atom. The van der Waals surface area contributed by atoms with E-state index in [1.165, 1.54) is 26.9 Å². The van der Waals surface area contributed by atoms with Gasteiger partial charge in [0.15, 0.2) is 0 Å². The van der Waals surface area contributed by atoms with E-state index in [9.17, 15) is 0 Å². The van der Waals surface area contributed by atoms with Gasteiger partial charge in [0, 0.05) is 0 Å². The lowest BCUT2D eigenvalue weighted by Crippen LogP contribution is -2.21. The molecule has 7 aromatic rings. The van der Waals surface area contributed by atoms with Crippen molar-refractivity contribution in [1.29, 1.82) is 0 Å². The molecule has 0 bridgehead atoms. The van der Waals surface area contributed by atoms with Crippen LogP contribution in [0.15, 0.2) is 136 Å². The summed E-state index contributed by atoms with van der Waals surface area (Å²) in [5.41, 5.74) is 11.0. The van der Waals surface area contributed by atoms with E-state index in [0.717, 1.165) is 71.5 Å². The molecule has 0 fully saturated rings. The Kier molecular flexibility index (Phi) is 7.64. The number of fused-ring (bicyclic) bond motifs is 4. The molecule has 0 N–H and O–H groups in total. The highest BCUT2D eigenvalue weighted by Crippen LogP contribution is 2.46. The highest BCUT2D eigenvalue weighted by Gasteiger charge is 2.22. The molecular weight excluding hydrogens is 565 g/mol. The molecule has 47 heavy (non-hydrogen) atoms. The van der Waals surface area contributed by atoms with Gasteiger partial charge in [-0.15, -0.1) is 0 Å². The maximum Gasteiger partial charge on any atom is -0.00203 e. The molecule has 0 aromatic heterocycles.